The Kier molecular flexibility index (Phi) is 5.91. The van der Waals surface area contributed by atoms with Crippen LogP contribution < -0.4 is 0 Å². The number of rotatable bonds is 3. The Bertz CT molecular complexity index is 1020. The lowest BCUT2D eigenvalue weighted by Gasteiger charge is -2.02. The van der Waals surface area contributed by atoms with E-state index in [2.05, 4.69) is 70.4 Å². The Morgan fingerprint density at radius 2 is 1.85 bits per heavy atom. The average Bonchev–Trinajstić information content (AvgIpc) is 3.27. The first-order chi connectivity index (χ1) is 12.9. The number of halogens is 1. The van der Waals surface area contributed by atoms with Crippen LogP contribution in [-0.4, -0.2) is 25.4 Å². The molecule has 0 saturated carbocycles. The van der Waals surface area contributed by atoms with Crippen LogP contribution in [0.5, 0.6) is 0 Å². The van der Waals surface area contributed by atoms with Gasteiger partial charge in [0, 0.05) is 22.4 Å². The molecule has 27 heavy (non-hydrogen) atoms. The number of nitrogens with zero attached hydrogens (tertiary/aromatic N) is 3. The molecule has 0 fully saturated rings. The minimum Gasteiger partial charge on any atom is -0.277 e. The fourth-order valence-corrected chi connectivity index (χ4v) is 2.97. The number of aromatic amines is 2. The Hall–Kier alpha value is -2.66. The maximum Gasteiger partial charge on any atom is 0.137 e. The minimum absolute atomic E-state index is 0.651. The van der Waals surface area contributed by atoms with Crippen molar-refractivity contribution < 1.29 is 0 Å². The zero-order chi connectivity index (χ0) is 19.4. The first kappa shape index (κ1) is 19.1. The third kappa shape index (κ3) is 4.74. The van der Waals surface area contributed by atoms with Gasteiger partial charge < -0.3 is 0 Å². The largest absolute Gasteiger partial charge is 0.277 e. The number of H-pyrrole nitrogens is 2. The van der Waals surface area contributed by atoms with Crippen LogP contribution in [0.4, 0.5) is 0 Å². The Morgan fingerprint density at radius 1 is 1.04 bits per heavy atom. The van der Waals surface area contributed by atoms with Gasteiger partial charge in [0.2, 0.25) is 0 Å². The smallest absolute Gasteiger partial charge is 0.137 e. The molecule has 2 aromatic carbocycles. The number of fused-ring (bicyclic) bond motifs is 1. The minimum atomic E-state index is 0.651. The quantitative estimate of drug-likeness (QED) is 0.492. The molecule has 0 atom stereocenters. The summed E-state index contributed by atoms with van der Waals surface area (Å²) in [7, 11) is 0. The maximum absolute atomic E-state index is 6.06. The van der Waals surface area contributed by atoms with E-state index < -0.39 is 0 Å². The number of hydrogen-bond donors (Lipinski definition) is 2. The highest BCUT2D eigenvalue weighted by molar-refractivity contribution is 6.31. The predicted octanol–water partition coefficient (Wildman–Crippen LogP) is 5.50. The van der Waals surface area contributed by atoms with Crippen LogP contribution in [0.2, 0.25) is 5.02 Å². The molecule has 0 saturated heterocycles. The van der Waals surface area contributed by atoms with Crippen LogP contribution in [0.3, 0.4) is 0 Å². The molecular formula is C21H24ClN5. The Morgan fingerprint density at radius 3 is 2.52 bits per heavy atom. The van der Waals surface area contributed by atoms with Gasteiger partial charge in [-0.3, -0.25) is 10.2 Å². The summed E-state index contributed by atoms with van der Waals surface area (Å²) in [6.07, 6.45) is 2.53. The van der Waals surface area contributed by atoms with Gasteiger partial charge in [-0.1, -0.05) is 43.1 Å². The van der Waals surface area contributed by atoms with E-state index in [4.69, 9.17) is 11.6 Å². The molecule has 0 bridgehead atoms. The van der Waals surface area contributed by atoms with Gasteiger partial charge in [-0.15, -0.1) is 0 Å². The highest BCUT2D eigenvalue weighted by Crippen LogP contribution is 2.29. The molecule has 2 N–H and O–H groups in total. The number of benzene rings is 2. The molecule has 0 aliphatic heterocycles. The van der Waals surface area contributed by atoms with Gasteiger partial charge in [-0.25, -0.2) is 4.98 Å². The van der Waals surface area contributed by atoms with Crippen molar-refractivity contribution in [2.75, 3.05) is 0 Å². The van der Waals surface area contributed by atoms with Crippen LogP contribution in [-0.2, 0) is 6.42 Å². The van der Waals surface area contributed by atoms with Gasteiger partial charge in [-0.05, 0) is 49.6 Å². The van der Waals surface area contributed by atoms with Gasteiger partial charge in [-0.2, -0.15) is 10.2 Å². The lowest BCUT2D eigenvalue weighted by atomic mass is 10.0. The van der Waals surface area contributed by atoms with Crippen molar-refractivity contribution in [2.24, 2.45) is 5.92 Å². The summed E-state index contributed by atoms with van der Waals surface area (Å²) >= 11 is 6.06. The van der Waals surface area contributed by atoms with Crippen LogP contribution in [0, 0.1) is 19.8 Å². The molecule has 140 valence electrons. The second-order valence-electron chi connectivity index (χ2n) is 7.12. The van der Waals surface area contributed by atoms with E-state index in [-0.39, 0.29) is 0 Å². The van der Waals surface area contributed by atoms with E-state index in [1.54, 1.807) is 0 Å². The monoisotopic (exact) mass is 381 g/mol. The second kappa shape index (κ2) is 8.35. The molecule has 2 heterocycles. The fourth-order valence-electron chi connectivity index (χ4n) is 2.86. The van der Waals surface area contributed by atoms with Crippen molar-refractivity contribution in [3.8, 4) is 11.3 Å². The zero-order valence-corrected chi connectivity index (χ0v) is 16.8. The maximum atomic E-state index is 6.06. The first-order valence-corrected chi connectivity index (χ1v) is 9.37. The third-order valence-electron chi connectivity index (χ3n) is 4.22. The number of aromatic nitrogens is 5. The van der Waals surface area contributed by atoms with Crippen LogP contribution in [0.1, 0.15) is 30.8 Å². The fraction of sp³-hybridized carbons (Fsp3) is 0.286. The molecular weight excluding hydrogens is 358 g/mol. The van der Waals surface area contributed by atoms with E-state index in [1.807, 2.05) is 19.1 Å². The summed E-state index contributed by atoms with van der Waals surface area (Å²) in [5, 5.41) is 16.0. The molecule has 0 aliphatic rings. The van der Waals surface area contributed by atoms with Gasteiger partial charge in [0.05, 0.1) is 11.2 Å². The Balaban J connectivity index is 0.000000197. The van der Waals surface area contributed by atoms with E-state index >= 15 is 0 Å². The van der Waals surface area contributed by atoms with Crippen molar-refractivity contribution in [3.63, 3.8) is 0 Å². The summed E-state index contributed by atoms with van der Waals surface area (Å²) in [6.45, 7) is 8.40. The number of aryl methyl sites for hydroxylation is 2. The second-order valence-corrected chi connectivity index (χ2v) is 7.52. The van der Waals surface area contributed by atoms with E-state index in [0.29, 0.717) is 5.92 Å². The van der Waals surface area contributed by atoms with Crippen molar-refractivity contribution in [2.45, 2.75) is 34.1 Å². The summed E-state index contributed by atoms with van der Waals surface area (Å²) in [5.74, 6) is 1.63. The standard InChI is InChI=1S/C15H13ClN2.C6H11N3/c1-9-3-6-14-12(7-9)15(18-17-14)11-4-5-13(16)10(2)8-11;1-5(2)3-6-7-4-8-9-6/h3-8H,1-2H3,(H,17,18);4-5H,3H2,1-2H3,(H,7,8,9). The van der Waals surface area contributed by atoms with Gasteiger partial charge in [0.15, 0.2) is 0 Å². The molecule has 0 unspecified atom stereocenters. The topological polar surface area (TPSA) is 70.2 Å². The van der Waals surface area contributed by atoms with Crippen molar-refractivity contribution in [3.05, 3.63) is 64.7 Å². The number of hydrogen-bond acceptors (Lipinski definition) is 3. The third-order valence-corrected chi connectivity index (χ3v) is 4.64. The summed E-state index contributed by atoms with van der Waals surface area (Å²) in [4.78, 5) is 3.99. The van der Waals surface area contributed by atoms with Crippen LogP contribution in [0.25, 0.3) is 22.2 Å². The van der Waals surface area contributed by atoms with E-state index in [9.17, 15) is 0 Å². The van der Waals surface area contributed by atoms with Crippen LogP contribution in [0.15, 0.2) is 42.7 Å². The van der Waals surface area contributed by atoms with E-state index in [0.717, 1.165) is 45.0 Å². The molecule has 0 radical (unpaired) electrons. The zero-order valence-electron chi connectivity index (χ0n) is 16.0. The van der Waals surface area contributed by atoms with Crippen molar-refractivity contribution >= 4 is 22.5 Å². The average molecular weight is 382 g/mol. The summed E-state index contributed by atoms with van der Waals surface area (Å²) < 4.78 is 0. The van der Waals surface area contributed by atoms with Gasteiger partial charge in [0.25, 0.3) is 0 Å². The summed E-state index contributed by atoms with van der Waals surface area (Å²) in [5.41, 5.74) is 5.43. The van der Waals surface area contributed by atoms with Crippen molar-refractivity contribution in [1.29, 1.82) is 0 Å². The molecule has 6 heteroatoms. The van der Waals surface area contributed by atoms with Gasteiger partial charge >= 0.3 is 0 Å². The lowest BCUT2D eigenvalue weighted by Crippen LogP contribution is -1.95. The highest BCUT2D eigenvalue weighted by atomic mass is 35.5. The normalized spacial score (nSPS) is 10.9. The molecule has 0 spiro atoms. The molecule has 5 nitrogen and oxygen atoms in total. The molecule has 4 rings (SSSR count). The predicted molar refractivity (Wildman–Crippen MR) is 111 cm³/mol. The van der Waals surface area contributed by atoms with Crippen LogP contribution >= 0.6 is 11.6 Å². The highest BCUT2D eigenvalue weighted by Gasteiger charge is 2.09. The lowest BCUT2D eigenvalue weighted by molar-refractivity contribution is 0.622. The Labute approximate surface area is 164 Å². The molecule has 2 aromatic heterocycles. The first-order valence-electron chi connectivity index (χ1n) is 8.99. The molecule has 0 aliphatic carbocycles. The number of nitrogens with one attached hydrogen (secondary N) is 2. The van der Waals surface area contributed by atoms with Gasteiger partial charge in [0.1, 0.15) is 12.2 Å². The van der Waals surface area contributed by atoms with Crippen molar-refractivity contribution in [1.82, 2.24) is 25.4 Å². The molecule has 0 amide bonds. The summed E-state index contributed by atoms with van der Waals surface area (Å²) in [6, 6.07) is 12.3. The molecule has 4 aromatic rings. The SMILES string of the molecule is CC(C)Cc1ncn[nH]1.Cc1ccc2[nH]nc(-c3ccc(Cl)c(C)c3)c2c1. The van der Waals surface area contributed by atoms with E-state index in [1.165, 1.54) is 11.9 Å².